The van der Waals surface area contributed by atoms with Gasteiger partial charge in [-0.1, -0.05) is 26.7 Å². The van der Waals surface area contributed by atoms with Crippen molar-refractivity contribution < 1.29 is 34.0 Å². The molecule has 0 aliphatic rings. The Bertz CT molecular complexity index is 333. The number of aliphatic carboxylic acids is 2. The molecule has 1 atom stereocenters. The maximum Gasteiger partial charge on any atom is 0.333 e. The van der Waals surface area contributed by atoms with Crippen molar-refractivity contribution in [2.75, 3.05) is 13.2 Å². The molecule has 0 saturated heterocycles. The van der Waals surface area contributed by atoms with E-state index in [9.17, 15) is 14.7 Å². The molecular formula is C16H30O7. The van der Waals surface area contributed by atoms with Gasteiger partial charge in [0.05, 0.1) is 13.2 Å². The molecule has 1 unspecified atom stereocenters. The minimum atomic E-state index is -1.43. The Balaban J connectivity index is 4.67. The molecule has 0 aromatic carbocycles. The number of carboxylic acids is 2. The van der Waals surface area contributed by atoms with Gasteiger partial charge in [-0.3, -0.25) is 4.79 Å². The van der Waals surface area contributed by atoms with Gasteiger partial charge in [-0.2, -0.15) is 0 Å². The van der Waals surface area contributed by atoms with Crippen molar-refractivity contribution in [3.8, 4) is 0 Å². The quantitative estimate of drug-likeness (QED) is 0.350. The van der Waals surface area contributed by atoms with Crippen LogP contribution in [0.25, 0.3) is 0 Å². The van der Waals surface area contributed by atoms with E-state index >= 15 is 0 Å². The molecule has 0 aromatic rings. The third-order valence-corrected chi connectivity index (χ3v) is 3.21. The number of carbonyl (C=O) groups is 2. The fourth-order valence-corrected chi connectivity index (χ4v) is 1.84. The smallest absolute Gasteiger partial charge is 0.333 e. The predicted octanol–water partition coefficient (Wildman–Crippen LogP) is 3.02. The summed E-state index contributed by atoms with van der Waals surface area (Å²) >= 11 is 0. The summed E-state index contributed by atoms with van der Waals surface area (Å²) in [6.07, 6.45) is 2.54. The Morgan fingerprint density at radius 3 is 1.91 bits per heavy atom. The van der Waals surface area contributed by atoms with E-state index in [2.05, 4.69) is 0 Å². The summed E-state index contributed by atoms with van der Waals surface area (Å²) in [6.45, 7) is 6.41. The SMILES string of the molecule is CCCCOC(C)(OCCCC)OC(CCCC(=O)O)C(=O)O. The number of unbranched alkanes of at least 4 members (excludes halogenated alkanes) is 2. The van der Waals surface area contributed by atoms with E-state index in [1.807, 2.05) is 13.8 Å². The number of rotatable bonds is 15. The van der Waals surface area contributed by atoms with Gasteiger partial charge in [-0.25, -0.2) is 4.79 Å². The third kappa shape index (κ3) is 11.1. The van der Waals surface area contributed by atoms with Gasteiger partial charge in [0.15, 0.2) is 6.10 Å². The Morgan fingerprint density at radius 1 is 1.00 bits per heavy atom. The molecule has 0 aliphatic carbocycles. The van der Waals surface area contributed by atoms with Crippen LogP contribution in [0.15, 0.2) is 0 Å². The van der Waals surface area contributed by atoms with Crippen LogP contribution in [0.3, 0.4) is 0 Å². The summed E-state index contributed by atoms with van der Waals surface area (Å²) in [5.41, 5.74) is 0. The molecule has 0 rings (SSSR count). The highest BCUT2D eigenvalue weighted by molar-refractivity contribution is 5.72. The molecule has 0 saturated carbocycles. The highest BCUT2D eigenvalue weighted by atomic mass is 16.9. The second kappa shape index (κ2) is 12.3. The predicted molar refractivity (Wildman–Crippen MR) is 84.1 cm³/mol. The Hall–Kier alpha value is -1.18. The number of ether oxygens (including phenoxy) is 3. The van der Waals surface area contributed by atoms with Crippen LogP contribution in [-0.4, -0.2) is 47.4 Å². The van der Waals surface area contributed by atoms with Gasteiger partial charge in [0.25, 0.3) is 5.97 Å². The summed E-state index contributed by atoms with van der Waals surface area (Å²) in [7, 11) is 0. The van der Waals surface area contributed by atoms with Crippen LogP contribution in [0.1, 0.15) is 65.7 Å². The second-order valence-corrected chi connectivity index (χ2v) is 5.50. The van der Waals surface area contributed by atoms with Crippen LogP contribution in [0.2, 0.25) is 0 Å². The highest BCUT2D eigenvalue weighted by Gasteiger charge is 2.34. The average molecular weight is 334 g/mol. The average Bonchev–Trinajstić information content (AvgIpc) is 2.46. The molecular weight excluding hydrogens is 304 g/mol. The monoisotopic (exact) mass is 334 g/mol. The van der Waals surface area contributed by atoms with Crippen molar-refractivity contribution in [2.24, 2.45) is 0 Å². The first kappa shape index (κ1) is 21.8. The largest absolute Gasteiger partial charge is 0.481 e. The number of hydrogen-bond acceptors (Lipinski definition) is 5. The van der Waals surface area contributed by atoms with Crippen molar-refractivity contribution in [3.63, 3.8) is 0 Å². The van der Waals surface area contributed by atoms with Crippen molar-refractivity contribution in [1.82, 2.24) is 0 Å². The first-order valence-electron chi connectivity index (χ1n) is 8.25. The van der Waals surface area contributed by atoms with E-state index < -0.39 is 24.0 Å². The van der Waals surface area contributed by atoms with Crippen molar-refractivity contribution in [3.05, 3.63) is 0 Å². The molecule has 0 amide bonds. The molecule has 0 spiro atoms. The molecule has 0 aliphatic heterocycles. The fourth-order valence-electron chi connectivity index (χ4n) is 1.84. The molecule has 2 N–H and O–H groups in total. The zero-order chi connectivity index (χ0) is 17.7. The highest BCUT2D eigenvalue weighted by Crippen LogP contribution is 2.21. The lowest BCUT2D eigenvalue weighted by atomic mass is 10.1. The third-order valence-electron chi connectivity index (χ3n) is 3.21. The van der Waals surface area contributed by atoms with Crippen LogP contribution in [0.5, 0.6) is 0 Å². The first-order valence-corrected chi connectivity index (χ1v) is 8.25. The molecule has 7 nitrogen and oxygen atoms in total. The summed E-state index contributed by atoms with van der Waals surface area (Å²) in [6, 6.07) is 0. The molecule has 136 valence electrons. The van der Waals surface area contributed by atoms with Gasteiger partial charge in [0.1, 0.15) is 0 Å². The summed E-state index contributed by atoms with van der Waals surface area (Å²) in [4.78, 5) is 21.9. The first-order chi connectivity index (χ1) is 10.8. The fraction of sp³-hybridized carbons (Fsp3) is 0.875. The van der Waals surface area contributed by atoms with Crippen LogP contribution >= 0.6 is 0 Å². The van der Waals surface area contributed by atoms with Gasteiger partial charge in [0.2, 0.25) is 0 Å². The van der Waals surface area contributed by atoms with Crippen LogP contribution < -0.4 is 0 Å². The summed E-state index contributed by atoms with van der Waals surface area (Å²) < 4.78 is 16.7. The molecule has 0 heterocycles. The summed E-state index contributed by atoms with van der Waals surface area (Å²) in [5.74, 6) is -3.55. The lowest BCUT2D eigenvalue weighted by molar-refractivity contribution is -0.381. The zero-order valence-corrected chi connectivity index (χ0v) is 14.4. The zero-order valence-electron chi connectivity index (χ0n) is 14.4. The van der Waals surface area contributed by atoms with E-state index in [1.165, 1.54) is 0 Å². The van der Waals surface area contributed by atoms with Crippen molar-refractivity contribution in [2.45, 2.75) is 77.8 Å². The van der Waals surface area contributed by atoms with E-state index in [0.717, 1.165) is 25.7 Å². The number of hydrogen-bond donors (Lipinski definition) is 2. The van der Waals surface area contributed by atoms with Crippen LogP contribution in [-0.2, 0) is 23.8 Å². The molecule has 0 aromatic heterocycles. The Kier molecular flexibility index (Phi) is 11.6. The topological polar surface area (TPSA) is 102 Å². The second-order valence-electron chi connectivity index (χ2n) is 5.50. The molecule has 0 radical (unpaired) electrons. The van der Waals surface area contributed by atoms with Gasteiger partial charge < -0.3 is 24.4 Å². The molecule has 0 fully saturated rings. The molecule has 0 bridgehead atoms. The van der Waals surface area contributed by atoms with Crippen molar-refractivity contribution in [1.29, 1.82) is 0 Å². The maximum atomic E-state index is 11.3. The molecule has 7 heteroatoms. The van der Waals surface area contributed by atoms with Crippen LogP contribution in [0.4, 0.5) is 0 Å². The normalized spacial score (nSPS) is 13.0. The van der Waals surface area contributed by atoms with Crippen LogP contribution in [0, 0.1) is 0 Å². The van der Waals surface area contributed by atoms with E-state index in [4.69, 9.17) is 19.3 Å². The minimum Gasteiger partial charge on any atom is -0.481 e. The molecule has 23 heavy (non-hydrogen) atoms. The Morgan fingerprint density at radius 2 is 1.52 bits per heavy atom. The van der Waals surface area contributed by atoms with Gasteiger partial charge in [0, 0.05) is 13.3 Å². The number of carboxylic acid groups (broad SMARTS) is 2. The van der Waals surface area contributed by atoms with Crippen molar-refractivity contribution >= 4 is 11.9 Å². The van der Waals surface area contributed by atoms with E-state index in [0.29, 0.717) is 13.2 Å². The van der Waals surface area contributed by atoms with E-state index in [-0.39, 0.29) is 19.3 Å². The summed E-state index contributed by atoms with van der Waals surface area (Å²) in [5, 5.41) is 17.9. The standard InChI is InChI=1S/C16H30O7/c1-4-6-11-21-16(3,22-12-7-5-2)23-13(15(19)20)9-8-10-14(17)18/h13H,4-12H2,1-3H3,(H,17,18)(H,19,20). The minimum absolute atomic E-state index is 0.0888. The lowest BCUT2D eigenvalue weighted by Gasteiger charge is -2.32. The maximum absolute atomic E-state index is 11.3. The van der Waals surface area contributed by atoms with Gasteiger partial charge in [-0.15, -0.1) is 0 Å². The Labute approximate surface area is 137 Å². The van der Waals surface area contributed by atoms with Gasteiger partial charge in [-0.05, 0) is 25.7 Å². The van der Waals surface area contributed by atoms with Gasteiger partial charge >= 0.3 is 11.9 Å². The van der Waals surface area contributed by atoms with E-state index in [1.54, 1.807) is 6.92 Å². The lowest BCUT2D eigenvalue weighted by Crippen LogP contribution is -2.42.